The molecule has 2 heterocycles. The highest BCUT2D eigenvalue weighted by atomic mass is 35.5. The van der Waals surface area contributed by atoms with Gasteiger partial charge in [-0.15, -0.1) is 0 Å². The highest BCUT2D eigenvalue weighted by Crippen LogP contribution is 2.20. The fourth-order valence-electron chi connectivity index (χ4n) is 3.73. The summed E-state index contributed by atoms with van der Waals surface area (Å²) in [6.07, 6.45) is 0. The van der Waals surface area contributed by atoms with E-state index in [1.54, 1.807) is 21.6 Å². The fraction of sp³-hybridized carbons (Fsp3) is 0.304. The Kier molecular flexibility index (Phi) is 7.54. The van der Waals surface area contributed by atoms with E-state index in [1.165, 1.54) is 0 Å². The van der Waals surface area contributed by atoms with E-state index in [9.17, 15) is 9.59 Å². The molecular formula is C23H25ClN6O2S. The zero-order chi connectivity index (χ0) is 23.2. The van der Waals surface area contributed by atoms with E-state index in [4.69, 9.17) is 23.8 Å². The van der Waals surface area contributed by atoms with Crippen LogP contribution in [0.5, 0.6) is 0 Å². The minimum atomic E-state index is -0.0316. The van der Waals surface area contributed by atoms with Gasteiger partial charge in [-0.1, -0.05) is 41.9 Å². The number of aromatic nitrogens is 3. The van der Waals surface area contributed by atoms with Crippen LogP contribution in [0.25, 0.3) is 11.4 Å². The standard InChI is InChI=1S/C23H25ClN6O2S/c24-19-8-6-18(7-9-19)22-26-27-23(33)30(22)16-21(32)29-12-10-28(11-13-29)15-20(31)25-14-17-4-2-1-3-5-17/h1-9H,10-16H2,(H,25,31)(H,27,33). The molecule has 0 atom stereocenters. The van der Waals surface area contributed by atoms with E-state index in [1.807, 2.05) is 42.5 Å². The summed E-state index contributed by atoms with van der Waals surface area (Å²) >= 11 is 11.3. The van der Waals surface area contributed by atoms with Crippen molar-refractivity contribution in [1.29, 1.82) is 0 Å². The molecule has 0 bridgehead atoms. The van der Waals surface area contributed by atoms with Crippen molar-refractivity contribution in [2.24, 2.45) is 0 Å². The number of amides is 2. The summed E-state index contributed by atoms with van der Waals surface area (Å²) in [6.45, 7) is 3.35. The number of H-pyrrole nitrogens is 1. The first-order valence-electron chi connectivity index (χ1n) is 10.7. The Morgan fingerprint density at radius 3 is 2.39 bits per heavy atom. The van der Waals surface area contributed by atoms with E-state index < -0.39 is 0 Å². The Balaban J connectivity index is 1.28. The van der Waals surface area contributed by atoms with Crippen LogP contribution in [0.4, 0.5) is 0 Å². The van der Waals surface area contributed by atoms with Gasteiger partial charge >= 0.3 is 0 Å². The van der Waals surface area contributed by atoms with Gasteiger partial charge < -0.3 is 10.2 Å². The lowest BCUT2D eigenvalue weighted by atomic mass is 10.2. The third-order valence-electron chi connectivity index (χ3n) is 5.58. The van der Waals surface area contributed by atoms with Crippen molar-refractivity contribution in [2.75, 3.05) is 32.7 Å². The molecule has 1 aliphatic rings. The average molecular weight is 485 g/mol. The second-order valence-electron chi connectivity index (χ2n) is 7.86. The molecule has 2 amide bonds. The Morgan fingerprint density at radius 1 is 1.00 bits per heavy atom. The average Bonchev–Trinajstić information content (AvgIpc) is 3.19. The number of benzene rings is 2. The Hall–Kier alpha value is -3.01. The van der Waals surface area contributed by atoms with Gasteiger partial charge in [-0.3, -0.25) is 24.2 Å². The van der Waals surface area contributed by atoms with Gasteiger partial charge in [-0.05, 0) is 42.0 Å². The van der Waals surface area contributed by atoms with Crippen LogP contribution in [0.2, 0.25) is 5.02 Å². The first-order chi connectivity index (χ1) is 16.0. The first-order valence-corrected chi connectivity index (χ1v) is 11.5. The van der Waals surface area contributed by atoms with Gasteiger partial charge in [0.2, 0.25) is 11.8 Å². The van der Waals surface area contributed by atoms with E-state index in [2.05, 4.69) is 20.4 Å². The van der Waals surface area contributed by atoms with E-state index in [0.717, 1.165) is 11.1 Å². The number of carbonyl (C=O) groups is 2. The molecule has 1 aromatic heterocycles. The number of hydrogen-bond donors (Lipinski definition) is 2. The maximum atomic E-state index is 12.9. The molecule has 1 aliphatic heterocycles. The van der Waals surface area contributed by atoms with Gasteiger partial charge in [-0.2, -0.15) is 5.10 Å². The van der Waals surface area contributed by atoms with E-state index in [0.29, 0.717) is 54.9 Å². The van der Waals surface area contributed by atoms with E-state index >= 15 is 0 Å². The predicted octanol–water partition coefficient (Wildman–Crippen LogP) is 2.72. The zero-order valence-electron chi connectivity index (χ0n) is 18.0. The van der Waals surface area contributed by atoms with Gasteiger partial charge in [0.25, 0.3) is 0 Å². The summed E-state index contributed by atoms with van der Waals surface area (Å²) in [7, 11) is 0. The van der Waals surface area contributed by atoms with Crippen molar-refractivity contribution >= 4 is 35.6 Å². The summed E-state index contributed by atoms with van der Waals surface area (Å²) < 4.78 is 2.09. The number of halogens is 1. The van der Waals surface area contributed by atoms with Crippen molar-refractivity contribution in [3.63, 3.8) is 0 Å². The lowest BCUT2D eigenvalue weighted by molar-refractivity contribution is -0.133. The van der Waals surface area contributed by atoms with Crippen LogP contribution in [0.3, 0.4) is 0 Å². The normalized spacial score (nSPS) is 14.3. The Labute approximate surface area is 202 Å². The molecule has 0 radical (unpaired) electrons. The number of nitrogens with zero attached hydrogens (tertiary/aromatic N) is 4. The quantitative estimate of drug-likeness (QED) is 0.503. The highest BCUT2D eigenvalue weighted by molar-refractivity contribution is 7.71. The Morgan fingerprint density at radius 2 is 1.70 bits per heavy atom. The highest BCUT2D eigenvalue weighted by Gasteiger charge is 2.23. The molecule has 172 valence electrons. The summed E-state index contributed by atoms with van der Waals surface area (Å²) in [5.41, 5.74) is 1.89. The number of piperazine rings is 1. The molecule has 2 aromatic carbocycles. The fourth-order valence-corrected chi connectivity index (χ4v) is 4.05. The number of rotatable bonds is 7. The molecule has 1 fully saturated rings. The predicted molar refractivity (Wildman–Crippen MR) is 129 cm³/mol. The van der Waals surface area contributed by atoms with Crippen LogP contribution >= 0.6 is 23.8 Å². The van der Waals surface area contributed by atoms with E-state index in [-0.39, 0.29) is 18.4 Å². The van der Waals surface area contributed by atoms with Crippen LogP contribution in [0, 0.1) is 4.77 Å². The molecule has 0 aliphatic carbocycles. The van der Waals surface area contributed by atoms with Crippen LogP contribution in [0.15, 0.2) is 54.6 Å². The smallest absolute Gasteiger partial charge is 0.242 e. The van der Waals surface area contributed by atoms with Gasteiger partial charge in [0.15, 0.2) is 10.6 Å². The first kappa shape index (κ1) is 23.2. The molecule has 0 spiro atoms. The molecule has 0 unspecified atom stereocenters. The molecule has 3 aromatic rings. The van der Waals surface area contributed by atoms with Gasteiger partial charge in [0.05, 0.1) is 6.54 Å². The topological polar surface area (TPSA) is 86.3 Å². The molecule has 1 saturated heterocycles. The monoisotopic (exact) mass is 484 g/mol. The minimum absolute atomic E-state index is 0.0177. The molecule has 4 rings (SSSR count). The van der Waals surface area contributed by atoms with Gasteiger partial charge in [0.1, 0.15) is 6.54 Å². The van der Waals surface area contributed by atoms with Crippen molar-refractivity contribution in [3.05, 3.63) is 70.0 Å². The molecular weight excluding hydrogens is 460 g/mol. The van der Waals surface area contributed by atoms with Crippen LogP contribution in [0.1, 0.15) is 5.56 Å². The van der Waals surface area contributed by atoms with Crippen molar-refractivity contribution in [2.45, 2.75) is 13.1 Å². The molecule has 33 heavy (non-hydrogen) atoms. The number of hydrogen-bond acceptors (Lipinski definition) is 5. The Bertz CT molecular complexity index is 1150. The number of carbonyl (C=O) groups excluding carboxylic acids is 2. The number of nitrogens with one attached hydrogen (secondary N) is 2. The van der Waals surface area contributed by atoms with Crippen molar-refractivity contribution in [3.8, 4) is 11.4 Å². The molecule has 10 heteroatoms. The largest absolute Gasteiger partial charge is 0.351 e. The van der Waals surface area contributed by atoms with Crippen LogP contribution in [-0.2, 0) is 22.7 Å². The third kappa shape index (κ3) is 6.07. The lowest BCUT2D eigenvalue weighted by Gasteiger charge is -2.34. The molecule has 8 nitrogen and oxygen atoms in total. The zero-order valence-corrected chi connectivity index (χ0v) is 19.6. The van der Waals surface area contributed by atoms with Crippen molar-refractivity contribution in [1.82, 2.24) is 29.9 Å². The van der Waals surface area contributed by atoms with Crippen molar-refractivity contribution < 1.29 is 9.59 Å². The lowest BCUT2D eigenvalue weighted by Crippen LogP contribution is -2.51. The summed E-state index contributed by atoms with van der Waals surface area (Å²) in [5.74, 6) is 0.547. The summed E-state index contributed by atoms with van der Waals surface area (Å²) in [4.78, 5) is 29.1. The molecule has 2 N–H and O–H groups in total. The van der Waals surface area contributed by atoms with Gasteiger partial charge in [-0.25, -0.2) is 0 Å². The third-order valence-corrected chi connectivity index (χ3v) is 6.14. The van der Waals surface area contributed by atoms with Crippen LogP contribution in [-0.4, -0.2) is 69.1 Å². The SMILES string of the molecule is O=C(CN1CCN(C(=O)Cn2c(-c3ccc(Cl)cc3)n[nH]c2=S)CC1)NCc1ccccc1. The molecule has 0 saturated carbocycles. The summed E-state index contributed by atoms with van der Waals surface area (Å²) in [6, 6.07) is 17.0. The van der Waals surface area contributed by atoms with Crippen LogP contribution < -0.4 is 5.32 Å². The second-order valence-corrected chi connectivity index (χ2v) is 8.69. The second kappa shape index (κ2) is 10.7. The maximum Gasteiger partial charge on any atom is 0.242 e. The maximum absolute atomic E-state index is 12.9. The minimum Gasteiger partial charge on any atom is -0.351 e. The van der Waals surface area contributed by atoms with Gasteiger partial charge in [0, 0.05) is 43.3 Å². The summed E-state index contributed by atoms with van der Waals surface area (Å²) in [5, 5.41) is 10.6. The number of aromatic amines is 1.